The molecule has 28 heavy (non-hydrogen) atoms. The van der Waals surface area contributed by atoms with Crippen molar-refractivity contribution in [2.75, 3.05) is 5.32 Å². The van der Waals surface area contributed by atoms with Gasteiger partial charge in [-0.25, -0.2) is 18.7 Å². The predicted molar refractivity (Wildman–Crippen MR) is 107 cm³/mol. The number of hydrogen-bond acceptors (Lipinski definition) is 3. The van der Waals surface area contributed by atoms with E-state index >= 15 is 0 Å². The molecule has 0 spiro atoms. The Balaban J connectivity index is 1.89. The van der Waals surface area contributed by atoms with E-state index in [0.29, 0.717) is 17.2 Å². The second kappa shape index (κ2) is 6.71. The molecule has 0 aliphatic rings. The van der Waals surface area contributed by atoms with Crippen molar-refractivity contribution in [1.29, 1.82) is 0 Å². The zero-order valence-electron chi connectivity index (χ0n) is 16.1. The molecule has 0 aliphatic carbocycles. The molecule has 0 radical (unpaired) electrons. The molecule has 2 aromatic carbocycles. The van der Waals surface area contributed by atoms with Crippen LogP contribution in [0.4, 0.5) is 20.3 Å². The molecule has 4 rings (SSSR count). The number of benzene rings is 2. The molecule has 142 valence electrons. The van der Waals surface area contributed by atoms with Crippen molar-refractivity contribution >= 4 is 22.5 Å². The fourth-order valence-electron chi connectivity index (χ4n) is 3.39. The Morgan fingerprint density at radius 2 is 1.64 bits per heavy atom. The Morgan fingerprint density at radius 3 is 2.36 bits per heavy atom. The molecule has 0 unspecified atom stereocenters. The van der Waals surface area contributed by atoms with E-state index in [2.05, 4.69) is 41.3 Å². The molecule has 0 amide bonds. The molecule has 0 saturated heterocycles. The van der Waals surface area contributed by atoms with Crippen LogP contribution in [-0.4, -0.2) is 14.5 Å². The van der Waals surface area contributed by atoms with Gasteiger partial charge in [0.15, 0.2) is 17.3 Å². The van der Waals surface area contributed by atoms with E-state index in [1.165, 1.54) is 23.5 Å². The van der Waals surface area contributed by atoms with Gasteiger partial charge >= 0.3 is 0 Å². The molecule has 0 atom stereocenters. The Hall–Kier alpha value is -3.28. The highest BCUT2D eigenvalue weighted by molar-refractivity contribution is 5.94. The fraction of sp³-hybridized carbons (Fsp3) is 0.182. The zero-order chi connectivity index (χ0) is 20.0. The standard InChI is InChI=1S/C22H20F2N4/c1-12-5-6-16(9-13(12)2)27-21-20-14(3)15(4)28(22(20)26-11-25-21)17-7-8-18(23)19(24)10-17/h5-11H,1-4H3,(H,25,26,27). The molecule has 0 saturated carbocycles. The summed E-state index contributed by atoms with van der Waals surface area (Å²) in [4.78, 5) is 8.85. The SMILES string of the molecule is Cc1ccc(Nc2ncnc3c2c(C)c(C)n3-c2ccc(F)c(F)c2)cc1C. The van der Waals surface area contributed by atoms with Crippen LogP contribution in [-0.2, 0) is 0 Å². The Morgan fingerprint density at radius 1 is 0.857 bits per heavy atom. The zero-order valence-corrected chi connectivity index (χ0v) is 16.1. The van der Waals surface area contributed by atoms with Gasteiger partial charge in [-0.3, -0.25) is 4.57 Å². The summed E-state index contributed by atoms with van der Waals surface area (Å²) in [6, 6.07) is 9.98. The van der Waals surface area contributed by atoms with Gasteiger partial charge in [0.25, 0.3) is 0 Å². The summed E-state index contributed by atoms with van der Waals surface area (Å²) in [7, 11) is 0. The third-order valence-electron chi connectivity index (χ3n) is 5.22. The van der Waals surface area contributed by atoms with E-state index in [9.17, 15) is 8.78 Å². The van der Waals surface area contributed by atoms with Crippen molar-refractivity contribution in [2.45, 2.75) is 27.7 Å². The van der Waals surface area contributed by atoms with E-state index in [1.54, 1.807) is 6.07 Å². The van der Waals surface area contributed by atoms with Crippen LogP contribution in [0.1, 0.15) is 22.4 Å². The molecule has 2 aromatic heterocycles. The first-order chi connectivity index (χ1) is 13.4. The molecule has 1 N–H and O–H groups in total. The molecule has 4 nitrogen and oxygen atoms in total. The van der Waals surface area contributed by atoms with Crippen molar-refractivity contribution < 1.29 is 8.78 Å². The van der Waals surface area contributed by atoms with Gasteiger partial charge < -0.3 is 5.32 Å². The van der Waals surface area contributed by atoms with E-state index in [4.69, 9.17) is 0 Å². The van der Waals surface area contributed by atoms with Crippen LogP contribution in [0.15, 0.2) is 42.7 Å². The van der Waals surface area contributed by atoms with Crippen LogP contribution in [0.5, 0.6) is 0 Å². The number of fused-ring (bicyclic) bond motifs is 1. The van der Waals surface area contributed by atoms with Gasteiger partial charge in [-0.1, -0.05) is 6.07 Å². The second-order valence-electron chi connectivity index (χ2n) is 6.99. The van der Waals surface area contributed by atoms with E-state index in [0.717, 1.165) is 28.4 Å². The maximum atomic E-state index is 13.8. The van der Waals surface area contributed by atoms with Gasteiger partial charge in [0.1, 0.15) is 12.1 Å². The Kier molecular flexibility index (Phi) is 4.34. The summed E-state index contributed by atoms with van der Waals surface area (Å²) in [5, 5.41) is 4.22. The minimum atomic E-state index is -0.890. The van der Waals surface area contributed by atoms with Crippen LogP contribution >= 0.6 is 0 Å². The predicted octanol–water partition coefficient (Wildman–Crippen LogP) is 5.68. The highest BCUT2D eigenvalue weighted by Gasteiger charge is 2.18. The van der Waals surface area contributed by atoms with Crippen LogP contribution in [0.2, 0.25) is 0 Å². The summed E-state index contributed by atoms with van der Waals surface area (Å²) in [6.07, 6.45) is 1.47. The van der Waals surface area contributed by atoms with Crippen LogP contribution in [0.3, 0.4) is 0 Å². The minimum absolute atomic E-state index is 0.519. The highest BCUT2D eigenvalue weighted by atomic mass is 19.2. The van der Waals surface area contributed by atoms with E-state index in [-0.39, 0.29) is 0 Å². The molecule has 0 fully saturated rings. The Labute approximate surface area is 161 Å². The fourth-order valence-corrected chi connectivity index (χ4v) is 3.39. The van der Waals surface area contributed by atoms with Gasteiger partial charge in [0.05, 0.1) is 11.1 Å². The van der Waals surface area contributed by atoms with Crippen molar-refractivity contribution in [3.8, 4) is 5.69 Å². The number of aryl methyl sites for hydroxylation is 3. The third kappa shape index (κ3) is 2.91. The van der Waals surface area contributed by atoms with Crippen molar-refractivity contribution in [3.63, 3.8) is 0 Å². The van der Waals surface area contributed by atoms with Crippen molar-refractivity contribution in [3.05, 3.63) is 76.7 Å². The molecule has 4 aromatic rings. The summed E-state index contributed by atoms with van der Waals surface area (Å²) >= 11 is 0. The van der Waals surface area contributed by atoms with Crippen LogP contribution < -0.4 is 5.32 Å². The van der Waals surface area contributed by atoms with Crippen LogP contribution in [0, 0.1) is 39.3 Å². The average molecular weight is 378 g/mol. The lowest BCUT2D eigenvalue weighted by Crippen LogP contribution is -2.01. The first-order valence-electron chi connectivity index (χ1n) is 8.99. The smallest absolute Gasteiger partial charge is 0.160 e. The number of nitrogens with zero attached hydrogens (tertiary/aromatic N) is 3. The normalized spacial score (nSPS) is 11.2. The number of nitrogens with one attached hydrogen (secondary N) is 1. The number of aromatic nitrogens is 3. The molecule has 0 aliphatic heterocycles. The van der Waals surface area contributed by atoms with Crippen molar-refractivity contribution in [1.82, 2.24) is 14.5 Å². The molecule has 0 bridgehead atoms. The number of rotatable bonds is 3. The van der Waals surface area contributed by atoms with Gasteiger partial charge in [-0.05, 0) is 68.7 Å². The molecular weight excluding hydrogens is 358 g/mol. The topological polar surface area (TPSA) is 42.7 Å². The molecule has 2 heterocycles. The quantitative estimate of drug-likeness (QED) is 0.499. The third-order valence-corrected chi connectivity index (χ3v) is 5.22. The summed E-state index contributed by atoms with van der Waals surface area (Å²) < 4.78 is 29.0. The lowest BCUT2D eigenvalue weighted by molar-refractivity contribution is 0.508. The first kappa shape index (κ1) is 18.1. The van der Waals surface area contributed by atoms with Crippen LogP contribution in [0.25, 0.3) is 16.7 Å². The summed E-state index contributed by atoms with van der Waals surface area (Å²) in [6.45, 7) is 8.03. The van der Waals surface area contributed by atoms with Gasteiger partial charge in [-0.15, -0.1) is 0 Å². The Bertz CT molecular complexity index is 1210. The minimum Gasteiger partial charge on any atom is -0.340 e. The molecular formula is C22H20F2N4. The van der Waals surface area contributed by atoms with Gasteiger partial charge in [0.2, 0.25) is 0 Å². The highest BCUT2D eigenvalue weighted by Crippen LogP contribution is 2.33. The monoisotopic (exact) mass is 378 g/mol. The lowest BCUT2D eigenvalue weighted by atomic mass is 10.1. The van der Waals surface area contributed by atoms with Gasteiger partial charge in [0, 0.05) is 17.4 Å². The average Bonchev–Trinajstić information content (AvgIpc) is 2.92. The largest absolute Gasteiger partial charge is 0.340 e. The van der Waals surface area contributed by atoms with E-state index in [1.807, 2.05) is 24.5 Å². The maximum absolute atomic E-state index is 13.8. The van der Waals surface area contributed by atoms with Gasteiger partial charge in [-0.2, -0.15) is 0 Å². The maximum Gasteiger partial charge on any atom is 0.160 e. The second-order valence-corrected chi connectivity index (χ2v) is 6.99. The first-order valence-corrected chi connectivity index (χ1v) is 8.99. The summed E-state index contributed by atoms with van der Waals surface area (Å²) in [5.41, 5.74) is 6.36. The van der Waals surface area contributed by atoms with Crippen molar-refractivity contribution in [2.24, 2.45) is 0 Å². The lowest BCUT2D eigenvalue weighted by Gasteiger charge is -2.10. The summed E-state index contributed by atoms with van der Waals surface area (Å²) in [5.74, 6) is -1.09. The number of anilines is 2. The number of halogens is 2. The number of hydrogen-bond donors (Lipinski definition) is 1. The van der Waals surface area contributed by atoms with E-state index < -0.39 is 11.6 Å². The molecule has 6 heteroatoms.